The summed E-state index contributed by atoms with van der Waals surface area (Å²) in [5.41, 5.74) is 1.06. The molecule has 3 heteroatoms. The van der Waals surface area contributed by atoms with E-state index in [1.165, 1.54) is 0 Å². The molecule has 0 amide bonds. The van der Waals surface area contributed by atoms with Gasteiger partial charge < -0.3 is 0 Å². The third-order valence-corrected chi connectivity index (χ3v) is 1.69. The highest BCUT2D eigenvalue weighted by atomic mass is 15.1. The summed E-state index contributed by atoms with van der Waals surface area (Å²) in [5.74, 6) is -0.343. The lowest BCUT2D eigenvalue weighted by molar-refractivity contribution is 0.321. The van der Waals surface area contributed by atoms with Crippen molar-refractivity contribution in [2.75, 3.05) is 14.1 Å². The molecule has 13 heavy (non-hydrogen) atoms. The molecule has 0 rings (SSSR count). The maximum Gasteiger partial charge on any atom is 0.117 e. The van der Waals surface area contributed by atoms with Crippen LogP contribution in [0.4, 0.5) is 0 Å². The van der Waals surface area contributed by atoms with Crippen LogP contribution in [0.25, 0.3) is 0 Å². The van der Waals surface area contributed by atoms with Crippen LogP contribution in [0.5, 0.6) is 0 Å². The van der Waals surface area contributed by atoms with E-state index in [1.54, 1.807) is 19.0 Å². The summed E-state index contributed by atoms with van der Waals surface area (Å²) >= 11 is 0. The molecule has 0 aromatic carbocycles. The predicted octanol–water partition coefficient (Wildman–Crippen LogP) is 1.55. The van der Waals surface area contributed by atoms with Gasteiger partial charge in [0.25, 0.3) is 0 Å². The van der Waals surface area contributed by atoms with Gasteiger partial charge in [0.05, 0.1) is 18.1 Å². The van der Waals surface area contributed by atoms with Crippen LogP contribution in [-0.2, 0) is 0 Å². The SMILES string of the molecule is CC(C)=CC(C#N)C(C#N)N(C)C. The van der Waals surface area contributed by atoms with Crippen molar-refractivity contribution >= 4 is 0 Å². The molecule has 0 aliphatic carbocycles. The van der Waals surface area contributed by atoms with Gasteiger partial charge >= 0.3 is 0 Å². The molecule has 0 N–H and O–H groups in total. The Labute approximate surface area is 79.9 Å². The summed E-state index contributed by atoms with van der Waals surface area (Å²) in [4.78, 5) is 1.76. The molecule has 0 spiro atoms. The lowest BCUT2D eigenvalue weighted by Gasteiger charge is -2.19. The van der Waals surface area contributed by atoms with Crippen LogP contribution >= 0.6 is 0 Å². The third-order valence-electron chi connectivity index (χ3n) is 1.69. The number of rotatable bonds is 3. The number of nitriles is 2. The molecule has 0 fully saturated rings. The molecule has 0 aromatic rings. The van der Waals surface area contributed by atoms with E-state index in [0.717, 1.165) is 5.57 Å². The van der Waals surface area contributed by atoms with Crippen LogP contribution in [0, 0.1) is 28.6 Å². The summed E-state index contributed by atoms with van der Waals surface area (Å²) in [6.07, 6.45) is 1.83. The minimum Gasteiger partial charge on any atom is -0.293 e. The zero-order valence-electron chi connectivity index (χ0n) is 8.57. The average molecular weight is 177 g/mol. The van der Waals surface area contributed by atoms with Crippen molar-refractivity contribution in [3.8, 4) is 12.1 Å². The van der Waals surface area contributed by atoms with Gasteiger partial charge in [0.2, 0.25) is 0 Å². The standard InChI is InChI=1S/C10H15N3/c1-8(2)5-9(6-11)10(7-12)13(3)4/h5,9-10H,1-4H3. The van der Waals surface area contributed by atoms with Gasteiger partial charge in [-0.25, -0.2) is 0 Å². The molecule has 0 aliphatic heterocycles. The summed E-state index contributed by atoms with van der Waals surface area (Å²) in [6.45, 7) is 3.85. The quantitative estimate of drug-likeness (QED) is 0.614. The maximum absolute atomic E-state index is 8.85. The van der Waals surface area contributed by atoms with Crippen LogP contribution in [0.1, 0.15) is 13.8 Å². The third kappa shape index (κ3) is 3.73. The molecule has 0 aliphatic rings. The van der Waals surface area contributed by atoms with Crippen molar-refractivity contribution in [2.45, 2.75) is 19.9 Å². The maximum atomic E-state index is 8.85. The summed E-state index contributed by atoms with van der Waals surface area (Å²) in [7, 11) is 3.61. The second-order valence-electron chi connectivity index (χ2n) is 3.44. The van der Waals surface area contributed by atoms with Gasteiger partial charge in [-0.1, -0.05) is 11.6 Å². The Balaban J connectivity index is 4.69. The van der Waals surface area contributed by atoms with Crippen molar-refractivity contribution in [2.24, 2.45) is 5.92 Å². The molecule has 0 radical (unpaired) electrons. The Bertz CT molecular complexity index is 261. The van der Waals surface area contributed by atoms with Gasteiger partial charge in [0.15, 0.2) is 0 Å². The van der Waals surface area contributed by atoms with E-state index in [0.29, 0.717) is 0 Å². The molecule has 2 unspecified atom stereocenters. The minimum absolute atomic E-state index is 0.343. The smallest absolute Gasteiger partial charge is 0.117 e. The zero-order chi connectivity index (χ0) is 10.4. The Hall–Kier alpha value is -1.32. The number of nitrogens with zero attached hydrogens (tertiary/aromatic N) is 3. The Morgan fingerprint density at radius 2 is 1.77 bits per heavy atom. The second kappa shape index (κ2) is 5.35. The second-order valence-corrected chi connectivity index (χ2v) is 3.44. The fourth-order valence-corrected chi connectivity index (χ4v) is 1.08. The van der Waals surface area contributed by atoms with Gasteiger partial charge in [-0.2, -0.15) is 10.5 Å². The van der Waals surface area contributed by atoms with E-state index >= 15 is 0 Å². The Morgan fingerprint density at radius 3 is 2.00 bits per heavy atom. The molecule has 70 valence electrons. The van der Waals surface area contributed by atoms with Crippen LogP contribution in [0.15, 0.2) is 11.6 Å². The first kappa shape index (κ1) is 11.7. The largest absolute Gasteiger partial charge is 0.293 e. The number of hydrogen-bond donors (Lipinski definition) is 0. The molecular weight excluding hydrogens is 162 g/mol. The fourth-order valence-electron chi connectivity index (χ4n) is 1.08. The van der Waals surface area contributed by atoms with Crippen molar-refractivity contribution < 1.29 is 0 Å². The molecule has 2 atom stereocenters. The van der Waals surface area contributed by atoms with Crippen LogP contribution in [0.2, 0.25) is 0 Å². The molecular formula is C10H15N3. The first-order valence-electron chi connectivity index (χ1n) is 4.13. The van der Waals surface area contributed by atoms with E-state index in [4.69, 9.17) is 10.5 Å². The molecule has 0 aromatic heterocycles. The topological polar surface area (TPSA) is 50.8 Å². The Morgan fingerprint density at radius 1 is 1.23 bits per heavy atom. The van der Waals surface area contributed by atoms with Gasteiger partial charge in [0, 0.05) is 0 Å². The summed E-state index contributed by atoms with van der Waals surface area (Å²) in [6, 6.07) is 3.88. The lowest BCUT2D eigenvalue weighted by atomic mass is 9.99. The van der Waals surface area contributed by atoms with Gasteiger partial charge in [0.1, 0.15) is 6.04 Å². The highest BCUT2D eigenvalue weighted by molar-refractivity contribution is 5.14. The van der Waals surface area contributed by atoms with E-state index in [-0.39, 0.29) is 12.0 Å². The zero-order valence-corrected chi connectivity index (χ0v) is 8.57. The normalized spacial score (nSPS) is 14.1. The molecule has 0 saturated carbocycles. The molecule has 0 bridgehead atoms. The summed E-state index contributed by atoms with van der Waals surface area (Å²) < 4.78 is 0. The van der Waals surface area contributed by atoms with Crippen LogP contribution in [0.3, 0.4) is 0 Å². The van der Waals surface area contributed by atoms with Gasteiger partial charge in [-0.15, -0.1) is 0 Å². The lowest BCUT2D eigenvalue weighted by Crippen LogP contribution is -2.32. The van der Waals surface area contributed by atoms with Gasteiger partial charge in [-0.3, -0.25) is 4.90 Å². The molecule has 3 nitrogen and oxygen atoms in total. The minimum atomic E-state index is -0.361. The van der Waals surface area contributed by atoms with E-state index in [1.807, 2.05) is 19.9 Å². The Kier molecular flexibility index (Phi) is 4.80. The van der Waals surface area contributed by atoms with Crippen LogP contribution in [-0.4, -0.2) is 25.0 Å². The fraction of sp³-hybridized carbons (Fsp3) is 0.600. The molecule has 0 saturated heterocycles. The van der Waals surface area contributed by atoms with E-state index in [2.05, 4.69) is 12.1 Å². The van der Waals surface area contributed by atoms with Gasteiger partial charge in [-0.05, 0) is 27.9 Å². The highest BCUT2D eigenvalue weighted by Gasteiger charge is 2.20. The monoisotopic (exact) mass is 177 g/mol. The first-order valence-corrected chi connectivity index (χ1v) is 4.13. The predicted molar refractivity (Wildman–Crippen MR) is 51.6 cm³/mol. The number of allylic oxidation sites excluding steroid dienone is 1. The van der Waals surface area contributed by atoms with E-state index < -0.39 is 0 Å². The summed E-state index contributed by atoms with van der Waals surface area (Å²) in [5, 5.41) is 17.7. The molecule has 0 heterocycles. The van der Waals surface area contributed by atoms with Crippen LogP contribution < -0.4 is 0 Å². The first-order chi connectivity index (χ1) is 6.02. The number of hydrogen-bond acceptors (Lipinski definition) is 3. The van der Waals surface area contributed by atoms with Crippen molar-refractivity contribution in [1.82, 2.24) is 4.90 Å². The van der Waals surface area contributed by atoms with E-state index in [9.17, 15) is 0 Å². The van der Waals surface area contributed by atoms with Crippen molar-refractivity contribution in [3.05, 3.63) is 11.6 Å². The van der Waals surface area contributed by atoms with Crippen molar-refractivity contribution in [3.63, 3.8) is 0 Å². The average Bonchev–Trinajstić information content (AvgIpc) is 2.02. The van der Waals surface area contributed by atoms with Crippen molar-refractivity contribution in [1.29, 1.82) is 10.5 Å². The highest BCUT2D eigenvalue weighted by Crippen LogP contribution is 2.11.